The van der Waals surface area contributed by atoms with Gasteiger partial charge in [-0.25, -0.2) is 8.42 Å². The Morgan fingerprint density at radius 1 is 1.33 bits per heavy atom. The Hall–Kier alpha value is -1.73. The largest absolute Gasteiger partial charge is 0.744 e. The summed E-state index contributed by atoms with van der Waals surface area (Å²) in [6.45, 7) is 0. The van der Waals surface area contributed by atoms with Crippen molar-refractivity contribution in [3.8, 4) is 0 Å². The number of nitrogens with zero attached hydrogens (tertiary/aromatic N) is 1. The molecule has 0 aliphatic rings. The molecule has 1 aromatic carbocycles. The molecule has 0 atom stereocenters. The van der Waals surface area contributed by atoms with Gasteiger partial charge in [0.05, 0.1) is 4.92 Å². The van der Waals surface area contributed by atoms with Crippen LogP contribution in [0.15, 0.2) is 29.7 Å². The van der Waals surface area contributed by atoms with E-state index in [1.54, 1.807) is 0 Å². The molecule has 0 heterocycles. The lowest BCUT2D eigenvalue weighted by atomic mass is 10.2. The Balaban J connectivity index is 3.02. The van der Waals surface area contributed by atoms with Crippen LogP contribution >= 0.6 is 0 Å². The molecular formula is C8H6NO5S-. The van der Waals surface area contributed by atoms with Gasteiger partial charge in [0, 0.05) is 17.5 Å². The molecule has 1 rings (SSSR count). The van der Waals surface area contributed by atoms with Crippen molar-refractivity contribution in [3.63, 3.8) is 0 Å². The second-order valence-electron chi connectivity index (χ2n) is 2.65. The van der Waals surface area contributed by atoms with E-state index in [4.69, 9.17) is 0 Å². The normalized spacial score (nSPS) is 11.8. The lowest BCUT2D eigenvalue weighted by Gasteiger charge is -1.98. The predicted molar refractivity (Wildman–Crippen MR) is 51.8 cm³/mol. The molecule has 0 aliphatic carbocycles. The number of non-ortho nitro benzene ring substituents is 1. The summed E-state index contributed by atoms with van der Waals surface area (Å²) in [6.07, 6.45) is 1.01. The van der Waals surface area contributed by atoms with Crippen molar-refractivity contribution in [1.82, 2.24) is 0 Å². The third kappa shape index (κ3) is 3.88. The molecule has 0 N–H and O–H groups in total. The smallest absolute Gasteiger partial charge is 0.270 e. The molecular weight excluding hydrogens is 222 g/mol. The van der Waals surface area contributed by atoms with E-state index in [2.05, 4.69) is 0 Å². The number of nitro groups is 1. The van der Waals surface area contributed by atoms with Crippen LogP contribution in [-0.2, 0) is 10.1 Å². The number of rotatable bonds is 3. The van der Waals surface area contributed by atoms with Crippen LogP contribution in [0.2, 0.25) is 0 Å². The van der Waals surface area contributed by atoms with E-state index in [1.165, 1.54) is 24.3 Å². The summed E-state index contributed by atoms with van der Waals surface area (Å²) in [5, 5.41) is 10.8. The van der Waals surface area contributed by atoms with Gasteiger partial charge >= 0.3 is 0 Å². The fraction of sp³-hybridized carbons (Fsp3) is 0. The minimum Gasteiger partial charge on any atom is -0.744 e. The van der Waals surface area contributed by atoms with Crippen LogP contribution in [-0.4, -0.2) is 17.9 Å². The second-order valence-corrected chi connectivity index (χ2v) is 3.91. The van der Waals surface area contributed by atoms with Crippen molar-refractivity contribution < 1.29 is 17.9 Å². The van der Waals surface area contributed by atoms with Crippen molar-refractivity contribution in [2.75, 3.05) is 0 Å². The van der Waals surface area contributed by atoms with E-state index in [-0.39, 0.29) is 11.3 Å². The molecule has 0 spiro atoms. The van der Waals surface area contributed by atoms with Crippen molar-refractivity contribution >= 4 is 21.9 Å². The van der Waals surface area contributed by atoms with Crippen LogP contribution in [0.5, 0.6) is 0 Å². The third-order valence-electron chi connectivity index (χ3n) is 1.51. The molecule has 6 nitrogen and oxygen atoms in total. The minimum absolute atomic E-state index is 0.166. The van der Waals surface area contributed by atoms with Gasteiger partial charge in [-0.05, 0) is 11.6 Å². The molecule has 0 aliphatic heterocycles. The Morgan fingerprint density at radius 3 is 2.53 bits per heavy atom. The first-order valence-electron chi connectivity index (χ1n) is 3.77. The van der Waals surface area contributed by atoms with Gasteiger partial charge in [-0.2, -0.15) is 0 Å². The molecule has 0 amide bonds. The molecule has 0 saturated carbocycles. The molecule has 1 aromatic rings. The van der Waals surface area contributed by atoms with E-state index in [1.807, 2.05) is 0 Å². The molecule has 0 bridgehead atoms. The molecule has 0 aromatic heterocycles. The Bertz CT molecular complexity index is 506. The second kappa shape index (κ2) is 4.20. The highest BCUT2D eigenvalue weighted by molar-refractivity contribution is 7.88. The summed E-state index contributed by atoms with van der Waals surface area (Å²) in [5.41, 5.74) is 0.115. The van der Waals surface area contributed by atoms with Crippen LogP contribution in [0.3, 0.4) is 0 Å². The van der Waals surface area contributed by atoms with Gasteiger partial charge in [-0.1, -0.05) is 12.1 Å². The standard InChI is InChI=1S/C8H7NO5S/c10-9(11)8-3-1-2-7(6-8)4-5-15(12,13)14/h1-6H,(H,12,13,14)/p-1/b5-4+. The molecule has 80 valence electrons. The van der Waals surface area contributed by atoms with Crippen LogP contribution in [0.4, 0.5) is 5.69 Å². The first kappa shape index (κ1) is 11.3. The zero-order valence-electron chi connectivity index (χ0n) is 7.36. The Labute approximate surface area is 85.8 Å². The van der Waals surface area contributed by atoms with Gasteiger partial charge in [0.15, 0.2) is 0 Å². The summed E-state index contributed by atoms with van der Waals surface area (Å²) in [4.78, 5) is 9.75. The maximum absolute atomic E-state index is 10.4. The predicted octanol–water partition coefficient (Wildman–Crippen LogP) is 1.11. The molecule has 0 saturated heterocycles. The van der Waals surface area contributed by atoms with E-state index in [9.17, 15) is 23.1 Å². The van der Waals surface area contributed by atoms with Crippen molar-refractivity contribution in [3.05, 3.63) is 45.4 Å². The van der Waals surface area contributed by atoms with Crippen LogP contribution in [0.1, 0.15) is 5.56 Å². The summed E-state index contributed by atoms with van der Waals surface area (Å²) in [6, 6.07) is 5.29. The lowest BCUT2D eigenvalue weighted by molar-refractivity contribution is -0.384. The van der Waals surface area contributed by atoms with Crippen LogP contribution < -0.4 is 0 Å². The van der Waals surface area contributed by atoms with Gasteiger partial charge in [-0.15, -0.1) is 0 Å². The maximum atomic E-state index is 10.4. The quantitative estimate of drug-likeness (QED) is 0.438. The fourth-order valence-corrected chi connectivity index (χ4v) is 1.23. The Morgan fingerprint density at radius 2 is 2.00 bits per heavy atom. The van der Waals surface area contributed by atoms with Gasteiger partial charge in [0.25, 0.3) is 5.69 Å². The lowest BCUT2D eigenvalue weighted by Crippen LogP contribution is -1.90. The third-order valence-corrected chi connectivity index (χ3v) is 1.98. The first-order valence-corrected chi connectivity index (χ1v) is 5.24. The molecule has 7 heteroatoms. The van der Waals surface area contributed by atoms with Gasteiger partial charge in [-0.3, -0.25) is 10.1 Å². The number of hydrogen-bond donors (Lipinski definition) is 0. The summed E-state index contributed by atoms with van der Waals surface area (Å²) >= 11 is 0. The molecule has 0 fully saturated rings. The minimum atomic E-state index is -4.46. The van der Waals surface area contributed by atoms with E-state index in [0.29, 0.717) is 5.41 Å². The monoisotopic (exact) mass is 228 g/mol. The summed E-state index contributed by atoms with van der Waals surface area (Å²) in [5.74, 6) is 0. The number of benzene rings is 1. The molecule has 15 heavy (non-hydrogen) atoms. The molecule has 0 unspecified atom stereocenters. The average molecular weight is 228 g/mol. The Kier molecular flexibility index (Phi) is 3.17. The zero-order valence-corrected chi connectivity index (χ0v) is 8.18. The highest BCUT2D eigenvalue weighted by atomic mass is 32.2. The molecule has 0 radical (unpaired) electrons. The van der Waals surface area contributed by atoms with Gasteiger partial charge < -0.3 is 4.55 Å². The highest BCUT2D eigenvalue weighted by Crippen LogP contribution is 2.14. The number of hydrogen-bond acceptors (Lipinski definition) is 5. The van der Waals surface area contributed by atoms with E-state index in [0.717, 1.165) is 6.08 Å². The maximum Gasteiger partial charge on any atom is 0.270 e. The number of nitro benzene ring substituents is 1. The van der Waals surface area contributed by atoms with Crippen molar-refractivity contribution in [2.45, 2.75) is 0 Å². The van der Waals surface area contributed by atoms with Crippen LogP contribution in [0, 0.1) is 10.1 Å². The van der Waals surface area contributed by atoms with Gasteiger partial charge in [0.1, 0.15) is 10.1 Å². The van der Waals surface area contributed by atoms with Gasteiger partial charge in [0.2, 0.25) is 0 Å². The first-order chi connectivity index (χ1) is 6.88. The summed E-state index contributed by atoms with van der Waals surface area (Å²) in [7, 11) is -4.46. The SMILES string of the molecule is O=[N+]([O-])c1cccc(/C=C/S(=O)(=O)[O-])c1. The van der Waals surface area contributed by atoms with Crippen molar-refractivity contribution in [2.24, 2.45) is 0 Å². The average Bonchev–Trinajstić information content (AvgIpc) is 2.14. The summed E-state index contributed by atoms with van der Waals surface area (Å²) < 4.78 is 30.7. The topological polar surface area (TPSA) is 100 Å². The zero-order chi connectivity index (χ0) is 11.5. The van der Waals surface area contributed by atoms with Crippen LogP contribution in [0.25, 0.3) is 6.08 Å². The van der Waals surface area contributed by atoms with E-state index >= 15 is 0 Å². The highest BCUT2D eigenvalue weighted by Gasteiger charge is 2.03. The fourth-order valence-electron chi connectivity index (χ4n) is 0.904. The van der Waals surface area contributed by atoms with E-state index < -0.39 is 15.0 Å². The van der Waals surface area contributed by atoms with Crippen molar-refractivity contribution in [1.29, 1.82) is 0 Å².